The van der Waals surface area contributed by atoms with E-state index in [4.69, 9.17) is 9.47 Å². The summed E-state index contributed by atoms with van der Waals surface area (Å²) in [5.74, 6) is 0.707. The summed E-state index contributed by atoms with van der Waals surface area (Å²) in [5.41, 5.74) is 0.0339. The first-order valence-corrected chi connectivity index (χ1v) is 14.2. The zero-order chi connectivity index (χ0) is 26.0. The molecule has 0 aliphatic carbocycles. The van der Waals surface area contributed by atoms with Crippen LogP contribution in [-0.2, 0) is 16.6 Å². The molecule has 3 heterocycles. The molecule has 0 unspecified atom stereocenters. The molecule has 0 saturated carbocycles. The van der Waals surface area contributed by atoms with Gasteiger partial charge in [-0.25, -0.2) is 8.42 Å². The van der Waals surface area contributed by atoms with Gasteiger partial charge in [-0.15, -0.1) is 0 Å². The van der Waals surface area contributed by atoms with E-state index in [-0.39, 0.29) is 29.0 Å². The van der Waals surface area contributed by atoms with Crippen molar-refractivity contribution in [1.29, 1.82) is 0 Å². The quantitative estimate of drug-likeness (QED) is 0.530. The number of nitrogens with zero attached hydrogens (tertiary/aromatic N) is 2. The van der Waals surface area contributed by atoms with Gasteiger partial charge in [0, 0.05) is 31.2 Å². The summed E-state index contributed by atoms with van der Waals surface area (Å²) in [6.07, 6.45) is 4.78. The van der Waals surface area contributed by atoms with Gasteiger partial charge >= 0.3 is 0 Å². The Balaban J connectivity index is 1.41. The SMILES string of the molecule is CCn1cc(C(=O)NC[C@@H]2COc3ccccc3O2)c(=O)c2cc(S(=O)(=O)N3CCCCCC3)ccc21. The van der Waals surface area contributed by atoms with Crippen molar-refractivity contribution in [3.63, 3.8) is 0 Å². The summed E-state index contributed by atoms with van der Waals surface area (Å²) >= 11 is 0. The molecule has 1 aromatic heterocycles. The number of ether oxygens (including phenoxy) is 2. The third kappa shape index (κ3) is 5.08. The first kappa shape index (κ1) is 25.3. The van der Waals surface area contributed by atoms with E-state index in [0.717, 1.165) is 25.7 Å². The van der Waals surface area contributed by atoms with Crippen molar-refractivity contribution in [2.45, 2.75) is 50.2 Å². The molecule has 2 aliphatic heterocycles. The highest BCUT2D eigenvalue weighted by Gasteiger charge is 2.27. The van der Waals surface area contributed by atoms with Crippen LogP contribution in [0.4, 0.5) is 0 Å². The number of nitrogens with one attached hydrogen (secondary N) is 1. The third-order valence-corrected chi connectivity index (χ3v) is 8.79. The molecule has 1 saturated heterocycles. The largest absolute Gasteiger partial charge is 0.486 e. The van der Waals surface area contributed by atoms with Crippen molar-refractivity contribution in [1.82, 2.24) is 14.2 Å². The number of pyridine rings is 1. The molecule has 10 heteroatoms. The van der Waals surface area contributed by atoms with Crippen LogP contribution in [0, 0.1) is 0 Å². The van der Waals surface area contributed by atoms with Gasteiger partial charge in [-0.3, -0.25) is 9.59 Å². The van der Waals surface area contributed by atoms with Crippen LogP contribution in [0.3, 0.4) is 0 Å². The van der Waals surface area contributed by atoms with Crippen LogP contribution in [0.5, 0.6) is 11.5 Å². The molecule has 196 valence electrons. The minimum atomic E-state index is -3.74. The topological polar surface area (TPSA) is 107 Å². The van der Waals surface area contributed by atoms with Gasteiger partial charge in [0.2, 0.25) is 15.5 Å². The highest BCUT2D eigenvalue weighted by molar-refractivity contribution is 7.89. The molecular formula is C27H31N3O6S. The Kier molecular flexibility index (Phi) is 7.21. The number of carbonyl (C=O) groups excluding carboxylic acids is 1. The van der Waals surface area contributed by atoms with Gasteiger partial charge in [-0.1, -0.05) is 25.0 Å². The van der Waals surface area contributed by atoms with Crippen LogP contribution in [0.25, 0.3) is 10.9 Å². The maximum Gasteiger partial charge on any atom is 0.256 e. The molecule has 1 atom stereocenters. The standard InChI is InChI=1S/C27H31N3O6S/c1-2-29-17-22(27(32)28-16-19-18-35-24-9-5-6-10-25(24)36-19)26(31)21-15-20(11-12-23(21)29)37(33,34)30-13-7-3-4-8-14-30/h5-6,9-12,15,17,19H,2-4,7-8,13-14,16,18H2,1H3,(H,28,32)/t19-/m1/s1. The van der Waals surface area contributed by atoms with Gasteiger partial charge in [-0.2, -0.15) is 4.31 Å². The maximum absolute atomic E-state index is 13.4. The monoisotopic (exact) mass is 525 g/mol. The highest BCUT2D eigenvalue weighted by Crippen LogP contribution is 2.30. The van der Waals surface area contributed by atoms with E-state index < -0.39 is 27.5 Å². The number of amides is 1. The first-order valence-electron chi connectivity index (χ1n) is 12.7. The summed E-state index contributed by atoms with van der Waals surface area (Å²) in [7, 11) is -3.74. The average molecular weight is 526 g/mol. The Morgan fingerprint density at radius 1 is 1.05 bits per heavy atom. The molecule has 9 nitrogen and oxygen atoms in total. The average Bonchev–Trinajstić information content (AvgIpc) is 3.22. The number of para-hydroxylation sites is 2. The number of fused-ring (bicyclic) bond motifs is 2. The second-order valence-electron chi connectivity index (χ2n) is 9.36. The number of rotatable bonds is 6. The summed E-state index contributed by atoms with van der Waals surface area (Å²) in [6.45, 7) is 3.77. The summed E-state index contributed by atoms with van der Waals surface area (Å²) in [6, 6.07) is 11.9. The maximum atomic E-state index is 13.4. The lowest BCUT2D eigenvalue weighted by Crippen LogP contribution is -2.41. The van der Waals surface area contributed by atoms with E-state index in [0.29, 0.717) is 36.6 Å². The molecule has 0 bridgehead atoms. The van der Waals surface area contributed by atoms with Crippen LogP contribution in [-0.4, -0.2) is 55.5 Å². The van der Waals surface area contributed by atoms with Gasteiger partial charge in [0.25, 0.3) is 5.91 Å². The normalized spacial score (nSPS) is 18.4. The summed E-state index contributed by atoms with van der Waals surface area (Å²) in [5, 5.41) is 2.98. The Morgan fingerprint density at radius 2 is 1.78 bits per heavy atom. The number of carbonyl (C=O) groups is 1. The summed E-state index contributed by atoms with van der Waals surface area (Å²) in [4.78, 5) is 26.6. The third-order valence-electron chi connectivity index (χ3n) is 6.90. The molecule has 1 amide bonds. The fraction of sp³-hybridized carbons (Fsp3) is 0.407. The minimum absolute atomic E-state index is 0.0456. The zero-order valence-electron chi connectivity index (χ0n) is 20.8. The van der Waals surface area contributed by atoms with E-state index in [1.807, 2.05) is 25.1 Å². The smallest absolute Gasteiger partial charge is 0.256 e. The van der Waals surface area contributed by atoms with Crippen LogP contribution in [0.1, 0.15) is 43.0 Å². The van der Waals surface area contributed by atoms with Gasteiger partial charge in [0.05, 0.1) is 17.0 Å². The number of aromatic nitrogens is 1. The molecule has 2 aromatic carbocycles. The van der Waals surface area contributed by atoms with E-state index >= 15 is 0 Å². The molecule has 0 radical (unpaired) electrons. The number of sulfonamides is 1. The molecule has 2 aliphatic rings. The fourth-order valence-electron chi connectivity index (χ4n) is 4.86. The zero-order valence-corrected chi connectivity index (χ0v) is 21.6. The fourth-order valence-corrected chi connectivity index (χ4v) is 6.40. The van der Waals surface area contributed by atoms with Crippen molar-refractivity contribution >= 4 is 26.8 Å². The minimum Gasteiger partial charge on any atom is -0.486 e. The molecule has 5 rings (SSSR count). The van der Waals surface area contributed by atoms with Gasteiger partial charge in [-0.05, 0) is 50.1 Å². The molecular weight excluding hydrogens is 494 g/mol. The van der Waals surface area contributed by atoms with E-state index in [1.165, 1.54) is 16.6 Å². The number of hydrogen-bond donors (Lipinski definition) is 1. The predicted molar refractivity (Wildman–Crippen MR) is 140 cm³/mol. The Bertz CT molecular complexity index is 1480. The first-order chi connectivity index (χ1) is 17.9. The van der Waals surface area contributed by atoms with Crippen molar-refractivity contribution in [2.75, 3.05) is 26.2 Å². The van der Waals surface area contributed by atoms with Gasteiger partial charge < -0.3 is 19.4 Å². The number of aryl methyl sites for hydroxylation is 1. The lowest BCUT2D eigenvalue weighted by molar-refractivity contribution is 0.0788. The van der Waals surface area contributed by atoms with Crippen LogP contribution >= 0.6 is 0 Å². The molecule has 3 aromatic rings. The number of hydrogen-bond acceptors (Lipinski definition) is 6. The van der Waals surface area contributed by atoms with Crippen molar-refractivity contribution in [2.24, 2.45) is 0 Å². The van der Waals surface area contributed by atoms with E-state index in [9.17, 15) is 18.0 Å². The van der Waals surface area contributed by atoms with Crippen molar-refractivity contribution < 1.29 is 22.7 Å². The Morgan fingerprint density at radius 3 is 2.51 bits per heavy atom. The molecule has 1 fully saturated rings. The van der Waals surface area contributed by atoms with Crippen LogP contribution < -0.4 is 20.2 Å². The lowest BCUT2D eigenvalue weighted by atomic mass is 10.1. The van der Waals surface area contributed by atoms with E-state index in [1.54, 1.807) is 22.8 Å². The molecule has 0 spiro atoms. The van der Waals surface area contributed by atoms with Crippen molar-refractivity contribution in [3.8, 4) is 11.5 Å². The second-order valence-corrected chi connectivity index (χ2v) is 11.3. The molecule has 37 heavy (non-hydrogen) atoms. The molecule has 1 N–H and O–H groups in total. The van der Waals surface area contributed by atoms with Gasteiger partial charge in [0.15, 0.2) is 11.5 Å². The summed E-state index contributed by atoms with van der Waals surface area (Å²) < 4.78 is 41.6. The lowest BCUT2D eigenvalue weighted by Gasteiger charge is -2.26. The Labute approximate surface area is 216 Å². The second kappa shape index (κ2) is 10.5. The van der Waals surface area contributed by atoms with Crippen LogP contribution in [0.15, 0.2) is 58.4 Å². The van der Waals surface area contributed by atoms with Gasteiger partial charge in [0.1, 0.15) is 18.3 Å². The number of benzene rings is 2. The van der Waals surface area contributed by atoms with E-state index in [2.05, 4.69) is 5.32 Å². The predicted octanol–water partition coefficient (Wildman–Crippen LogP) is 3.16. The van der Waals surface area contributed by atoms with Crippen LogP contribution in [0.2, 0.25) is 0 Å². The van der Waals surface area contributed by atoms with Crippen molar-refractivity contribution in [3.05, 3.63) is 64.4 Å². The Hall–Kier alpha value is -3.37. The highest BCUT2D eigenvalue weighted by atomic mass is 32.2.